The van der Waals surface area contributed by atoms with E-state index in [1.54, 1.807) is 12.3 Å². The van der Waals surface area contributed by atoms with Crippen molar-refractivity contribution in [3.63, 3.8) is 0 Å². The van der Waals surface area contributed by atoms with Crippen LogP contribution in [0.4, 0.5) is 5.82 Å². The highest BCUT2D eigenvalue weighted by molar-refractivity contribution is 6.30. The first kappa shape index (κ1) is 19.7. The Hall–Kier alpha value is -2.08. The smallest absolute Gasteiger partial charge is 0.253 e. The molecule has 1 aliphatic carbocycles. The largest absolute Gasteiger partial charge is 0.368 e. The molecule has 2 heterocycles. The molecule has 6 nitrogen and oxygen atoms in total. The maximum Gasteiger partial charge on any atom is 0.253 e. The molecule has 0 spiro atoms. The lowest BCUT2D eigenvalue weighted by Gasteiger charge is -2.29. The predicted octanol–water partition coefficient (Wildman–Crippen LogP) is 4.12. The van der Waals surface area contributed by atoms with Gasteiger partial charge in [0.25, 0.3) is 5.91 Å². The number of nitrogens with one attached hydrogen (secondary N) is 3. The molecule has 7 heteroatoms. The highest BCUT2D eigenvalue weighted by Crippen LogP contribution is 2.25. The number of aromatic nitrogens is 3. The molecule has 0 aromatic carbocycles. The van der Waals surface area contributed by atoms with Crippen LogP contribution in [0.5, 0.6) is 0 Å². The van der Waals surface area contributed by atoms with Crippen molar-refractivity contribution in [1.82, 2.24) is 20.5 Å². The SMILES string of the molecule is CCCc1cc(NCC2CCC(NC(=O)c3cc(Cl)cnc3C)CC2)n[nH]1. The van der Waals surface area contributed by atoms with Gasteiger partial charge in [0.2, 0.25) is 0 Å². The fraction of sp³-hybridized carbons (Fsp3) is 0.550. The zero-order valence-electron chi connectivity index (χ0n) is 16.0. The number of pyridine rings is 1. The first-order valence-corrected chi connectivity index (χ1v) is 10.1. The van der Waals surface area contributed by atoms with Gasteiger partial charge in [-0.2, -0.15) is 5.10 Å². The Bertz CT molecular complexity index is 767. The van der Waals surface area contributed by atoms with Gasteiger partial charge in [-0.1, -0.05) is 24.9 Å². The van der Waals surface area contributed by atoms with Crippen LogP contribution in [0.1, 0.15) is 60.8 Å². The summed E-state index contributed by atoms with van der Waals surface area (Å²) in [6.07, 6.45) is 7.88. The Morgan fingerprint density at radius 3 is 2.81 bits per heavy atom. The molecule has 0 aliphatic heterocycles. The third-order valence-electron chi connectivity index (χ3n) is 5.20. The van der Waals surface area contributed by atoms with Crippen LogP contribution < -0.4 is 10.6 Å². The predicted molar refractivity (Wildman–Crippen MR) is 108 cm³/mol. The van der Waals surface area contributed by atoms with Crippen LogP contribution in [0.3, 0.4) is 0 Å². The van der Waals surface area contributed by atoms with Crippen LogP contribution in [0, 0.1) is 12.8 Å². The van der Waals surface area contributed by atoms with Gasteiger partial charge in [0.05, 0.1) is 16.3 Å². The number of aryl methyl sites for hydroxylation is 2. The van der Waals surface area contributed by atoms with Gasteiger partial charge in [0.15, 0.2) is 0 Å². The molecular weight excluding hydrogens is 362 g/mol. The van der Waals surface area contributed by atoms with Crippen molar-refractivity contribution in [1.29, 1.82) is 0 Å². The molecule has 0 unspecified atom stereocenters. The lowest BCUT2D eigenvalue weighted by Crippen LogP contribution is -2.38. The number of halogens is 1. The molecule has 0 saturated heterocycles. The zero-order chi connectivity index (χ0) is 19.2. The van der Waals surface area contributed by atoms with Gasteiger partial charge in [-0.05, 0) is 51.0 Å². The summed E-state index contributed by atoms with van der Waals surface area (Å²) in [4.78, 5) is 16.7. The quantitative estimate of drug-likeness (QED) is 0.665. The molecule has 1 aliphatic rings. The number of rotatable bonds is 7. The summed E-state index contributed by atoms with van der Waals surface area (Å²) >= 11 is 5.97. The van der Waals surface area contributed by atoms with Crippen LogP contribution in [0.15, 0.2) is 18.3 Å². The molecule has 2 aromatic rings. The number of nitrogens with zero attached hydrogens (tertiary/aromatic N) is 2. The van der Waals surface area contributed by atoms with E-state index in [-0.39, 0.29) is 11.9 Å². The van der Waals surface area contributed by atoms with Crippen LogP contribution in [-0.4, -0.2) is 33.7 Å². The highest BCUT2D eigenvalue weighted by atomic mass is 35.5. The first-order chi connectivity index (χ1) is 13.0. The molecule has 1 saturated carbocycles. The van der Waals surface area contributed by atoms with Crippen molar-refractivity contribution in [2.45, 2.75) is 58.4 Å². The fourth-order valence-corrected chi connectivity index (χ4v) is 3.77. The summed E-state index contributed by atoms with van der Waals surface area (Å²) in [5, 5.41) is 14.4. The molecule has 0 bridgehead atoms. The van der Waals surface area contributed by atoms with E-state index in [4.69, 9.17) is 11.6 Å². The minimum absolute atomic E-state index is 0.0796. The van der Waals surface area contributed by atoms with Gasteiger partial charge < -0.3 is 10.6 Å². The van der Waals surface area contributed by atoms with Crippen LogP contribution in [0.25, 0.3) is 0 Å². The lowest BCUT2D eigenvalue weighted by atomic mass is 9.86. The molecule has 3 N–H and O–H groups in total. The minimum Gasteiger partial charge on any atom is -0.368 e. The summed E-state index contributed by atoms with van der Waals surface area (Å²) < 4.78 is 0. The van der Waals surface area contributed by atoms with Crippen molar-refractivity contribution in [2.75, 3.05) is 11.9 Å². The number of aromatic amines is 1. The number of carbonyl (C=O) groups excluding carboxylic acids is 1. The van der Waals surface area contributed by atoms with E-state index in [1.807, 2.05) is 6.92 Å². The van der Waals surface area contributed by atoms with Gasteiger partial charge in [-0.15, -0.1) is 0 Å². The number of hydrogen-bond donors (Lipinski definition) is 3. The summed E-state index contributed by atoms with van der Waals surface area (Å²) in [6, 6.07) is 4.00. The van der Waals surface area contributed by atoms with Crippen molar-refractivity contribution in [2.24, 2.45) is 5.92 Å². The van der Waals surface area contributed by atoms with Crippen LogP contribution in [-0.2, 0) is 6.42 Å². The van der Waals surface area contributed by atoms with Crippen molar-refractivity contribution < 1.29 is 4.79 Å². The Labute approximate surface area is 165 Å². The number of H-pyrrole nitrogens is 1. The van der Waals surface area contributed by atoms with Crippen molar-refractivity contribution in [3.05, 3.63) is 40.3 Å². The maximum atomic E-state index is 12.5. The van der Waals surface area contributed by atoms with Crippen LogP contribution in [0.2, 0.25) is 5.02 Å². The number of hydrogen-bond acceptors (Lipinski definition) is 4. The van der Waals surface area contributed by atoms with E-state index in [2.05, 4.69) is 38.8 Å². The topological polar surface area (TPSA) is 82.7 Å². The van der Waals surface area contributed by atoms with E-state index >= 15 is 0 Å². The number of carbonyl (C=O) groups is 1. The Morgan fingerprint density at radius 1 is 1.30 bits per heavy atom. The molecule has 1 fully saturated rings. The highest BCUT2D eigenvalue weighted by Gasteiger charge is 2.23. The minimum atomic E-state index is -0.0796. The molecule has 1 amide bonds. The average molecular weight is 390 g/mol. The van der Waals surface area contributed by atoms with Crippen molar-refractivity contribution in [3.8, 4) is 0 Å². The normalized spacial score (nSPS) is 19.7. The molecule has 2 aromatic heterocycles. The van der Waals surface area contributed by atoms with Crippen molar-refractivity contribution >= 4 is 23.3 Å². The molecule has 27 heavy (non-hydrogen) atoms. The standard InChI is InChI=1S/C20H28ClN5O/c1-3-4-17-10-19(26-25-17)23-11-14-5-7-16(8-6-14)24-20(27)18-9-15(21)12-22-13(18)2/h9-10,12,14,16H,3-8,11H2,1-2H3,(H,24,27)(H2,23,25,26). The molecular formula is C20H28ClN5O. The number of anilines is 1. The average Bonchev–Trinajstić information content (AvgIpc) is 3.11. The molecule has 0 radical (unpaired) electrons. The van der Waals surface area contributed by atoms with E-state index in [9.17, 15) is 4.79 Å². The zero-order valence-corrected chi connectivity index (χ0v) is 16.8. The second-order valence-corrected chi connectivity index (χ2v) is 7.82. The summed E-state index contributed by atoms with van der Waals surface area (Å²) in [5.74, 6) is 1.46. The van der Waals surface area contributed by atoms with Gasteiger partial charge >= 0.3 is 0 Å². The Balaban J connectivity index is 1.43. The molecule has 146 valence electrons. The van der Waals surface area contributed by atoms with Crippen LogP contribution >= 0.6 is 11.6 Å². The third-order valence-corrected chi connectivity index (χ3v) is 5.41. The first-order valence-electron chi connectivity index (χ1n) is 9.76. The second kappa shape index (κ2) is 9.22. The molecule has 3 rings (SSSR count). The Morgan fingerprint density at radius 2 is 2.07 bits per heavy atom. The van der Waals surface area contributed by atoms with E-state index in [0.717, 1.165) is 50.9 Å². The third kappa shape index (κ3) is 5.45. The monoisotopic (exact) mass is 389 g/mol. The van der Waals surface area contributed by atoms with Gasteiger partial charge in [-0.3, -0.25) is 14.9 Å². The van der Waals surface area contributed by atoms with Gasteiger partial charge in [-0.25, -0.2) is 0 Å². The summed E-state index contributed by atoms with van der Waals surface area (Å²) in [7, 11) is 0. The van der Waals surface area contributed by atoms with Gasteiger partial charge in [0, 0.05) is 30.5 Å². The van der Waals surface area contributed by atoms with E-state index < -0.39 is 0 Å². The van der Waals surface area contributed by atoms with Gasteiger partial charge in [0.1, 0.15) is 5.82 Å². The fourth-order valence-electron chi connectivity index (χ4n) is 3.61. The summed E-state index contributed by atoms with van der Waals surface area (Å²) in [6.45, 7) is 4.92. The molecule has 0 atom stereocenters. The maximum absolute atomic E-state index is 12.5. The summed E-state index contributed by atoms with van der Waals surface area (Å²) in [5.41, 5.74) is 2.45. The lowest BCUT2D eigenvalue weighted by molar-refractivity contribution is 0.0921. The van der Waals surface area contributed by atoms with E-state index in [1.165, 1.54) is 5.69 Å². The number of amides is 1. The Kier molecular flexibility index (Phi) is 6.72. The van der Waals surface area contributed by atoms with E-state index in [0.29, 0.717) is 22.2 Å². The second-order valence-electron chi connectivity index (χ2n) is 7.39.